The lowest BCUT2D eigenvalue weighted by Crippen LogP contribution is -2.54. The average molecular weight is 504 g/mol. The van der Waals surface area contributed by atoms with E-state index in [0.29, 0.717) is 17.9 Å². The van der Waals surface area contributed by atoms with Gasteiger partial charge in [0.2, 0.25) is 0 Å². The van der Waals surface area contributed by atoms with Crippen molar-refractivity contribution in [2.24, 2.45) is 5.92 Å². The van der Waals surface area contributed by atoms with E-state index < -0.39 is 28.3 Å². The number of nitrogens with zero attached hydrogens (tertiary/aromatic N) is 2. The van der Waals surface area contributed by atoms with Crippen LogP contribution in [0.15, 0.2) is 60.2 Å². The summed E-state index contributed by atoms with van der Waals surface area (Å²) in [7, 11) is 1.38. The molecular weight excluding hydrogens is 478 g/mol. The predicted octanol–water partition coefficient (Wildman–Crippen LogP) is 4.85. The van der Waals surface area contributed by atoms with E-state index in [-0.39, 0.29) is 28.4 Å². The molecule has 190 valence electrons. The highest BCUT2D eigenvalue weighted by atomic mass is 16.6. The first-order valence-corrected chi connectivity index (χ1v) is 11.6. The Morgan fingerprint density at radius 2 is 1.78 bits per heavy atom. The molecule has 1 saturated heterocycles. The highest BCUT2D eigenvalue weighted by molar-refractivity contribution is 6.40. The Kier molecular flexibility index (Phi) is 7.19. The summed E-state index contributed by atoms with van der Waals surface area (Å²) in [5.41, 5.74) is -0.600. The number of rotatable bonds is 8. The minimum Gasteiger partial charge on any atom is -0.493 e. The van der Waals surface area contributed by atoms with Crippen molar-refractivity contribution in [3.05, 3.63) is 75.8 Å². The van der Waals surface area contributed by atoms with Gasteiger partial charge in [0.1, 0.15) is 5.57 Å². The number of anilines is 1. The maximum atomic E-state index is 13.5. The molecule has 0 atom stereocenters. The molecule has 4 rings (SSSR count). The Hall–Kier alpha value is -4.73. The van der Waals surface area contributed by atoms with Crippen LogP contribution in [0.25, 0.3) is 16.8 Å². The molecule has 1 fully saturated rings. The van der Waals surface area contributed by atoms with Crippen LogP contribution in [0.4, 0.5) is 16.2 Å². The first kappa shape index (κ1) is 25.4. The molecule has 3 aromatic rings. The SMILES string of the molecule is COc1cc(/C=C2\C(=O)NC(=O)N(c3cccc4ccccc34)C2=O)c([N+](=O)[O-])cc1OCCC(C)C. The molecule has 0 unspecified atom stereocenters. The van der Waals surface area contributed by atoms with Crippen molar-refractivity contribution in [3.63, 3.8) is 0 Å². The second-order valence-electron chi connectivity index (χ2n) is 8.81. The molecule has 0 saturated carbocycles. The summed E-state index contributed by atoms with van der Waals surface area (Å²) >= 11 is 0. The summed E-state index contributed by atoms with van der Waals surface area (Å²) in [5.74, 6) is -1.13. The molecule has 3 aromatic carbocycles. The van der Waals surface area contributed by atoms with Gasteiger partial charge in [0.05, 0.1) is 36.0 Å². The van der Waals surface area contributed by atoms with Crippen LogP contribution in [-0.2, 0) is 9.59 Å². The van der Waals surface area contributed by atoms with Crippen molar-refractivity contribution in [1.29, 1.82) is 0 Å². The number of benzene rings is 3. The second kappa shape index (κ2) is 10.5. The number of imide groups is 2. The number of hydrogen-bond donors (Lipinski definition) is 1. The Morgan fingerprint density at radius 3 is 2.49 bits per heavy atom. The first-order chi connectivity index (χ1) is 17.7. The number of carbonyl (C=O) groups excluding carboxylic acids is 3. The summed E-state index contributed by atoms with van der Waals surface area (Å²) in [5, 5.41) is 15.4. The summed E-state index contributed by atoms with van der Waals surface area (Å²) in [6, 6.07) is 13.9. The van der Waals surface area contributed by atoms with Gasteiger partial charge in [0.25, 0.3) is 17.5 Å². The first-order valence-electron chi connectivity index (χ1n) is 11.6. The van der Waals surface area contributed by atoms with E-state index in [1.165, 1.54) is 19.2 Å². The monoisotopic (exact) mass is 503 g/mol. The Balaban J connectivity index is 1.78. The third-order valence-electron chi connectivity index (χ3n) is 5.87. The molecule has 4 amide bonds. The zero-order valence-electron chi connectivity index (χ0n) is 20.5. The highest BCUT2D eigenvalue weighted by Crippen LogP contribution is 2.37. The van der Waals surface area contributed by atoms with Gasteiger partial charge in [-0.15, -0.1) is 0 Å². The molecule has 0 radical (unpaired) electrons. The molecule has 0 spiro atoms. The number of nitro benzene ring substituents is 1. The van der Waals surface area contributed by atoms with Gasteiger partial charge >= 0.3 is 6.03 Å². The minimum absolute atomic E-state index is 0.0521. The zero-order chi connectivity index (χ0) is 26.7. The van der Waals surface area contributed by atoms with Crippen LogP contribution in [0.1, 0.15) is 25.8 Å². The fraction of sp³-hybridized carbons (Fsp3) is 0.222. The lowest BCUT2D eigenvalue weighted by atomic mass is 10.0. The van der Waals surface area contributed by atoms with Crippen molar-refractivity contribution < 1.29 is 28.8 Å². The van der Waals surface area contributed by atoms with Gasteiger partial charge in [0.15, 0.2) is 11.5 Å². The number of urea groups is 1. The van der Waals surface area contributed by atoms with Gasteiger partial charge in [0, 0.05) is 5.39 Å². The zero-order valence-corrected chi connectivity index (χ0v) is 20.5. The van der Waals surface area contributed by atoms with Gasteiger partial charge < -0.3 is 9.47 Å². The summed E-state index contributed by atoms with van der Waals surface area (Å²) in [6.45, 7) is 4.38. The van der Waals surface area contributed by atoms with Crippen molar-refractivity contribution >= 4 is 46.1 Å². The maximum absolute atomic E-state index is 13.5. The number of nitrogens with one attached hydrogen (secondary N) is 1. The number of fused-ring (bicyclic) bond motifs is 1. The van der Waals surface area contributed by atoms with Crippen LogP contribution < -0.4 is 19.7 Å². The van der Waals surface area contributed by atoms with Crippen LogP contribution in [0, 0.1) is 16.0 Å². The normalized spacial score (nSPS) is 14.9. The molecule has 1 heterocycles. The minimum atomic E-state index is -0.961. The fourth-order valence-corrected chi connectivity index (χ4v) is 3.95. The largest absolute Gasteiger partial charge is 0.493 e. The number of carbonyl (C=O) groups is 3. The maximum Gasteiger partial charge on any atom is 0.335 e. The molecule has 1 N–H and O–H groups in total. The number of methoxy groups -OCH3 is 1. The molecule has 10 nitrogen and oxygen atoms in total. The number of hydrogen-bond acceptors (Lipinski definition) is 7. The third-order valence-corrected chi connectivity index (χ3v) is 5.87. The van der Waals surface area contributed by atoms with Gasteiger partial charge in [-0.3, -0.25) is 25.0 Å². The molecule has 1 aliphatic rings. The summed E-state index contributed by atoms with van der Waals surface area (Å²) in [6.07, 6.45) is 1.82. The Bertz CT molecular complexity index is 1440. The number of barbiturate groups is 1. The van der Waals surface area contributed by atoms with Crippen molar-refractivity contribution in [1.82, 2.24) is 5.32 Å². The Labute approximate surface area is 212 Å². The summed E-state index contributed by atoms with van der Waals surface area (Å²) in [4.78, 5) is 51.0. The standard InChI is InChI=1S/C27H25N3O7/c1-16(2)11-12-37-24-15-22(30(34)35)18(14-23(24)36-3)13-20-25(31)28-27(33)29(26(20)32)21-10-6-8-17-7-4-5-9-19(17)21/h4-10,13-16H,11-12H2,1-3H3,(H,28,31,33)/b20-13+. The van der Waals surface area contributed by atoms with Crippen molar-refractivity contribution in [3.8, 4) is 11.5 Å². The fourth-order valence-electron chi connectivity index (χ4n) is 3.95. The van der Waals surface area contributed by atoms with E-state index in [0.717, 1.165) is 22.8 Å². The Morgan fingerprint density at radius 1 is 1.05 bits per heavy atom. The lowest BCUT2D eigenvalue weighted by molar-refractivity contribution is -0.385. The van der Waals surface area contributed by atoms with E-state index >= 15 is 0 Å². The van der Waals surface area contributed by atoms with Gasteiger partial charge in [-0.05, 0) is 35.9 Å². The van der Waals surface area contributed by atoms with Gasteiger partial charge in [-0.2, -0.15) is 0 Å². The molecule has 0 aliphatic carbocycles. The van der Waals surface area contributed by atoms with E-state index in [2.05, 4.69) is 5.32 Å². The quantitative estimate of drug-likeness (QED) is 0.201. The van der Waals surface area contributed by atoms with E-state index in [4.69, 9.17) is 9.47 Å². The predicted molar refractivity (Wildman–Crippen MR) is 138 cm³/mol. The molecule has 0 bridgehead atoms. The average Bonchev–Trinajstić information content (AvgIpc) is 2.86. The van der Waals surface area contributed by atoms with Crippen LogP contribution in [0.3, 0.4) is 0 Å². The van der Waals surface area contributed by atoms with Gasteiger partial charge in [-0.1, -0.05) is 50.2 Å². The van der Waals surface area contributed by atoms with Crippen LogP contribution >= 0.6 is 0 Å². The van der Waals surface area contributed by atoms with Crippen molar-refractivity contribution in [2.75, 3.05) is 18.6 Å². The number of ether oxygens (including phenoxy) is 2. The molecule has 1 aliphatic heterocycles. The third kappa shape index (κ3) is 5.13. The number of amides is 4. The number of nitro groups is 1. The van der Waals surface area contributed by atoms with Crippen molar-refractivity contribution in [2.45, 2.75) is 20.3 Å². The lowest BCUT2D eigenvalue weighted by Gasteiger charge is -2.27. The van der Waals surface area contributed by atoms with E-state index in [1.807, 2.05) is 32.0 Å². The van der Waals surface area contributed by atoms with Crippen LogP contribution in [-0.4, -0.2) is 36.5 Å². The summed E-state index contributed by atoms with van der Waals surface area (Å²) < 4.78 is 11.0. The van der Waals surface area contributed by atoms with Gasteiger partial charge in [-0.25, -0.2) is 9.69 Å². The molecule has 0 aromatic heterocycles. The van der Waals surface area contributed by atoms with Crippen LogP contribution in [0.5, 0.6) is 11.5 Å². The second-order valence-corrected chi connectivity index (χ2v) is 8.81. The van der Waals surface area contributed by atoms with E-state index in [1.54, 1.807) is 24.3 Å². The molecular formula is C27H25N3O7. The molecule has 10 heteroatoms. The highest BCUT2D eigenvalue weighted by Gasteiger charge is 2.38. The topological polar surface area (TPSA) is 128 Å². The smallest absolute Gasteiger partial charge is 0.335 e. The van der Waals surface area contributed by atoms with Crippen LogP contribution in [0.2, 0.25) is 0 Å². The van der Waals surface area contributed by atoms with E-state index in [9.17, 15) is 24.5 Å². The molecule has 37 heavy (non-hydrogen) atoms.